The summed E-state index contributed by atoms with van der Waals surface area (Å²) < 4.78 is 31.2. The molecule has 0 N–H and O–H groups in total. The SMILES string of the molecule is CC1CCN(C)CC1.O=CC(F)(F)F. The lowest BCUT2D eigenvalue weighted by Gasteiger charge is -2.26. The topological polar surface area (TPSA) is 20.3 Å². The number of carbonyl (C=O) groups is 1. The van der Waals surface area contributed by atoms with Crippen LogP contribution in [0, 0.1) is 5.92 Å². The molecule has 1 saturated heterocycles. The summed E-state index contributed by atoms with van der Waals surface area (Å²) in [4.78, 5) is 11.1. The Labute approximate surface area is 82.1 Å². The van der Waals surface area contributed by atoms with Gasteiger partial charge in [0.25, 0.3) is 0 Å². The Morgan fingerprint density at radius 2 is 1.64 bits per heavy atom. The molecule has 1 aliphatic rings. The summed E-state index contributed by atoms with van der Waals surface area (Å²) in [6.07, 6.45) is -2.90. The number of rotatable bonds is 0. The number of likely N-dealkylation sites (tertiary alicyclic amines) is 1. The molecule has 5 heteroatoms. The van der Waals surface area contributed by atoms with Crippen molar-refractivity contribution in [2.75, 3.05) is 20.1 Å². The van der Waals surface area contributed by atoms with E-state index in [-0.39, 0.29) is 0 Å². The molecule has 0 aliphatic carbocycles. The van der Waals surface area contributed by atoms with Crippen molar-refractivity contribution in [2.24, 2.45) is 5.92 Å². The highest BCUT2D eigenvalue weighted by Gasteiger charge is 2.24. The molecule has 1 heterocycles. The van der Waals surface area contributed by atoms with Crippen LogP contribution in [0.15, 0.2) is 0 Å². The second kappa shape index (κ2) is 6.01. The Balaban J connectivity index is 0.000000255. The van der Waals surface area contributed by atoms with Crippen LogP contribution in [-0.2, 0) is 4.79 Å². The maximum Gasteiger partial charge on any atom is 0.446 e. The molecule has 1 rings (SSSR count). The van der Waals surface area contributed by atoms with Crippen molar-refractivity contribution in [1.29, 1.82) is 0 Å². The summed E-state index contributed by atoms with van der Waals surface area (Å²) >= 11 is 0. The lowest BCUT2D eigenvalue weighted by molar-refractivity contribution is -0.156. The minimum Gasteiger partial charge on any atom is -0.306 e. The van der Waals surface area contributed by atoms with Gasteiger partial charge in [0.2, 0.25) is 6.29 Å². The number of aldehydes is 1. The average molecular weight is 211 g/mol. The summed E-state index contributed by atoms with van der Waals surface area (Å²) in [6.45, 7) is 4.95. The van der Waals surface area contributed by atoms with Crippen molar-refractivity contribution in [3.63, 3.8) is 0 Å². The second-order valence-electron chi connectivity index (χ2n) is 3.65. The van der Waals surface area contributed by atoms with E-state index < -0.39 is 12.5 Å². The molecule has 0 bridgehead atoms. The van der Waals surface area contributed by atoms with Gasteiger partial charge in [-0.25, -0.2) is 0 Å². The van der Waals surface area contributed by atoms with E-state index in [9.17, 15) is 13.2 Å². The van der Waals surface area contributed by atoms with Crippen LogP contribution in [0.2, 0.25) is 0 Å². The molecule has 1 fully saturated rings. The van der Waals surface area contributed by atoms with Gasteiger partial charge in [0.05, 0.1) is 0 Å². The molecule has 14 heavy (non-hydrogen) atoms. The summed E-state index contributed by atoms with van der Waals surface area (Å²) in [7, 11) is 2.20. The third-order valence-electron chi connectivity index (χ3n) is 2.14. The Hall–Kier alpha value is -0.580. The van der Waals surface area contributed by atoms with Crippen LogP contribution in [-0.4, -0.2) is 37.5 Å². The van der Waals surface area contributed by atoms with Crippen molar-refractivity contribution >= 4 is 6.29 Å². The third kappa shape index (κ3) is 8.04. The Bertz CT molecular complexity index is 152. The molecule has 1 aliphatic heterocycles. The number of piperidine rings is 1. The maximum absolute atomic E-state index is 10.4. The number of carbonyl (C=O) groups excluding carboxylic acids is 1. The van der Waals surface area contributed by atoms with Gasteiger partial charge in [0, 0.05) is 0 Å². The van der Waals surface area contributed by atoms with Crippen LogP contribution in [0.3, 0.4) is 0 Å². The molecule has 0 atom stereocenters. The van der Waals surface area contributed by atoms with Crippen molar-refractivity contribution in [1.82, 2.24) is 4.90 Å². The van der Waals surface area contributed by atoms with E-state index in [1.165, 1.54) is 25.9 Å². The predicted octanol–water partition coefficient (Wildman–Crippen LogP) is 2.10. The molecule has 0 radical (unpaired) electrons. The van der Waals surface area contributed by atoms with E-state index in [0.29, 0.717) is 0 Å². The van der Waals surface area contributed by atoms with Crippen LogP contribution >= 0.6 is 0 Å². The first kappa shape index (κ1) is 13.4. The van der Waals surface area contributed by atoms with Crippen LogP contribution < -0.4 is 0 Å². The van der Waals surface area contributed by atoms with Gasteiger partial charge in [-0.1, -0.05) is 6.92 Å². The minimum absolute atomic E-state index is 0.978. The average Bonchev–Trinajstić information content (AvgIpc) is 2.10. The Kier molecular flexibility index (Phi) is 5.76. The van der Waals surface area contributed by atoms with Crippen LogP contribution in [0.5, 0.6) is 0 Å². The molecule has 0 spiro atoms. The third-order valence-corrected chi connectivity index (χ3v) is 2.14. The summed E-state index contributed by atoms with van der Waals surface area (Å²) in [5.74, 6) is 0.978. The molecule has 0 aromatic carbocycles. The molecule has 0 aromatic rings. The molecule has 0 aromatic heterocycles. The van der Waals surface area contributed by atoms with E-state index in [0.717, 1.165) is 5.92 Å². The smallest absolute Gasteiger partial charge is 0.306 e. The Morgan fingerprint density at radius 3 is 1.86 bits per heavy atom. The maximum atomic E-state index is 10.4. The zero-order valence-electron chi connectivity index (χ0n) is 8.47. The van der Waals surface area contributed by atoms with E-state index in [1.807, 2.05) is 0 Å². The number of nitrogens with zero attached hydrogens (tertiary/aromatic N) is 1. The van der Waals surface area contributed by atoms with Gasteiger partial charge in [-0.15, -0.1) is 0 Å². The Morgan fingerprint density at radius 1 is 1.29 bits per heavy atom. The van der Waals surface area contributed by atoms with Crippen molar-refractivity contribution in [2.45, 2.75) is 25.9 Å². The van der Waals surface area contributed by atoms with Gasteiger partial charge in [-0.3, -0.25) is 4.79 Å². The largest absolute Gasteiger partial charge is 0.446 e. The summed E-state index contributed by atoms with van der Waals surface area (Å²) in [6, 6.07) is 0. The number of halogens is 3. The molecule has 2 nitrogen and oxygen atoms in total. The first-order valence-electron chi connectivity index (χ1n) is 4.56. The van der Waals surface area contributed by atoms with Crippen LogP contribution in [0.1, 0.15) is 19.8 Å². The summed E-state index contributed by atoms with van der Waals surface area (Å²) in [5.41, 5.74) is 0. The molecular weight excluding hydrogens is 195 g/mol. The standard InChI is InChI=1S/C7H15N.C2HF3O/c1-7-3-5-8(2)6-4-7;3-2(4,5)1-6/h7H,3-6H2,1-2H3;1H. The van der Waals surface area contributed by atoms with Gasteiger partial charge >= 0.3 is 6.18 Å². The van der Waals surface area contributed by atoms with Crippen LogP contribution in [0.25, 0.3) is 0 Å². The molecular formula is C9H16F3NO. The van der Waals surface area contributed by atoms with Crippen molar-refractivity contribution in [3.05, 3.63) is 0 Å². The van der Waals surface area contributed by atoms with E-state index >= 15 is 0 Å². The van der Waals surface area contributed by atoms with Crippen LogP contribution in [0.4, 0.5) is 13.2 Å². The van der Waals surface area contributed by atoms with Gasteiger partial charge in [-0.2, -0.15) is 13.2 Å². The monoisotopic (exact) mass is 211 g/mol. The van der Waals surface area contributed by atoms with E-state index in [1.54, 1.807) is 0 Å². The molecule has 0 amide bonds. The molecule has 84 valence electrons. The highest BCUT2D eigenvalue weighted by Crippen LogP contribution is 2.13. The number of alkyl halides is 3. The predicted molar refractivity (Wildman–Crippen MR) is 48.0 cm³/mol. The zero-order chi connectivity index (χ0) is 11.2. The highest BCUT2D eigenvalue weighted by molar-refractivity contribution is 5.56. The fraction of sp³-hybridized carbons (Fsp3) is 0.889. The second-order valence-corrected chi connectivity index (χ2v) is 3.65. The lowest BCUT2D eigenvalue weighted by Crippen LogP contribution is -2.28. The van der Waals surface area contributed by atoms with Gasteiger partial charge in [0.1, 0.15) is 0 Å². The van der Waals surface area contributed by atoms with Crippen molar-refractivity contribution < 1.29 is 18.0 Å². The minimum atomic E-state index is -4.64. The zero-order valence-corrected chi connectivity index (χ0v) is 8.47. The van der Waals surface area contributed by atoms with Gasteiger partial charge < -0.3 is 4.90 Å². The quantitative estimate of drug-likeness (QED) is 0.572. The molecule has 0 unspecified atom stereocenters. The number of hydrogen-bond donors (Lipinski definition) is 0. The van der Waals surface area contributed by atoms with Gasteiger partial charge in [0.15, 0.2) is 0 Å². The summed E-state index contributed by atoms with van der Waals surface area (Å²) in [5, 5.41) is 0. The number of hydrogen-bond acceptors (Lipinski definition) is 2. The fourth-order valence-electron chi connectivity index (χ4n) is 1.14. The first-order valence-corrected chi connectivity index (χ1v) is 4.56. The van der Waals surface area contributed by atoms with Gasteiger partial charge in [-0.05, 0) is 38.9 Å². The highest BCUT2D eigenvalue weighted by atomic mass is 19.4. The van der Waals surface area contributed by atoms with Crippen molar-refractivity contribution in [3.8, 4) is 0 Å². The lowest BCUT2D eigenvalue weighted by atomic mass is 10.00. The van der Waals surface area contributed by atoms with E-state index in [2.05, 4.69) is 18.9 Å². The normalized spacial score (nSPS) is 19.8. The first-order chi connectivity index (χ1) is 6.35. The fourth-order valence-corrected chi connectivity index (χ4v) is 1.14. The molecule has 0 saturated carbocycles. The van der Waals surface area contributed by atoms with E-state index in [4.69, 9.17) is 4.79 Å².